The number of fused-ring (bicyclic) bond motifs is 2. The highest BCUT2D eigenvalue weighted by Crippen LogP contribution is 2.47. The van der Waals surface area contributed by atoms with Gasteiger partial charge in [-0.2, -0.15) is 10.4 Å². The first-order valence-corrected chi connectivity index (χ1v) is 19.8. The predicted octanol–water partition coefficient (Wildman–Crippen LogP) is 7.10. The van der Waals surface area contributed by atoms with E-state index in [9.17, 15) is 14.9 Å². The lowest BCUT2D eigenvalue weighted by Crippen LogP contribution is -2.46. The zero-order valence-electron chi connectivity index (χ0n) is 30.8. The van der Waals surface area contributed by atoms with Crippen molar-refractivity contribution >= 4 is 37.6 Å². The molecule has 1 N–H and O–H groups in total. The summed E-state index contributed by atoms with van der Waals surface area (Å²) in [6, 6.07) is 7.86. The molecule has 2 aliphatic heterocycles. The molecule has 1 aromatic carbocycles. The largest absolute Gasteiger partial charge is 0.443 e. The minimum absolute atomic E-state index is 0.00796. The van der Waals surface area contributed by atoms with E-state index in [4.69, 9.17) is 14.1 Å². The van der Waals surface area contributed by atoms with Gasteiger partial charge in [-0.1, -0.05) is 41.5 Å². The Kier molecular flexibility index (Phi) is 9.46. The van der Waals surface area contributed by atoms with E-state index in [0.717, 1.165) is 5.56 Å². The molecule has 2 amide bonds. The summed E-state index contributed by atoms with van der Waals surface area (Å²) in [6.07, 6.45) is 2.76. The van der Waals surface area contributed by atoms with Crippen LogP contribution in [-0.4, -0.2) is 76.8 Å². The molecule has 262 valence electrons. The molecule has 3 aromatic rings. The third-order valence-electron chi connectivity index (χ3n) is 9.52. The molecule has 13 heteroatoms. The van der Waals surface area contributed by atoms with Gasteiger partial charge in [0.05, 0.1) is 35.4 Å². The van der Waals surface area contributed by atoms with Crippen LogP contribution in [-0.2, 0) is 21.1 Å². The second-order valence-electron chi connectivity index (χ2n) is 16.4. The summed E-state index contributed by atoms with van der Waals surface area (Å²) in [5.74, 6) is 0.555. The van der Waals surface area contributed by atoms with Gasteiger partial charge < -0.3 is 19.4 Å². The van der Waals surface area contributed by atoms with Gasteiger partial charge in [0.25, 0.3) is 5.91 Å². The first-order chi connectivity index (χ1) is 22.7. The highest BCUT2D eigenvalue weighted by Gasteiger charge is 2.47. The normalized spacial score (nSPS) is 18.0. The summed E-state index contributed by atoms with van der Waals surface area (Å²) in [5, 5.41) is 18.1. The van der Waals surface area contributed by atoms with Crippen LogP contribution in [0.5, 0.6) is 0 Å². The molecule has 5 rings (SSSR count). The van der Waals surface area contributed by atoms with E-state index in [1.165, 1.54) is 0 Å². The Bertz CT molecular complexity index is 1800. The van der Waals surface area contributed by atoms with Crippen molar-refractivity contribution in [2.75, 3.05) is 36.5 Å². The summed E-state index contributed by atoms with van der Waals surface area (Å²) in [7, 11) is -2.16. The molecule has 0 saturated carbocycles. The number of benzene rings is 1. The second-order valence-corrected chi connectivity index (χ2v) is 21.2. The Morgan fingerprint density at radius 2 is 1.88 bits per heavy atom. The van der Waals surface area contributed by atoms with E-state index in [1.807, 2.05) is 31.7 Å². The molecule has 1 atom stereocenters. The van der Waals surface area contributed by atoms with E-state index in [0.29, 0.717) is 78.5 Å². The monoisotopic (exact) mass is 686 g/mol. The lowest BCUT2D eigenvalue weighted by atomic mass is 9.83. The molecule has 12 nitrogen and oxygen atoms in total. The van der Waals surface area contributed by atoms with Gasteiger partial charge in [0.1, 0.15) is 17.4 Å². The maximum atomic E-state index is 13.6. The van der Waals surface area contributed by atoms with Gasteiger partial charge in [0, 0.05) is 43.4 Å². The Labute approximate surface area is 290 Å². The van der Waals surface area contributed by atoms with Crippen molar-refractivity contribution in [3.63, 3.8) is 0 Å². The standard InChI is InChI=1S/C36H50N8O4Si/c1-23(2)20-42-14-15-44-30(31(42)45)28(19-39-44)41-32-38-13-12-27(40-32)24-16-25(18-37)29-26(17-24)36(9,22-47-49(10,11)35(6,7)8)21-43(29)33(46)48-34(3,4)5/h12-13,16-17,19,23H,14-15,20-22H2,1-11H3,(H,38,40,41)/t36-/m1/s1. The fourth-order valence-corrected chi connectivity index (χ4v) is 7.05. The van der Waals surface area contributed by atoms with Gasteiger partial charge in [0.2, 0.25) is 5.95 Å². The minimum Gasteiger partial charge on any atom is -0.443 e. The number of amides is 2. The number of aromatic nitrogens is 4. The van der Waals surface area contributed by atoms with Crippen molar-refractivity contribution in [1.29, 1.82) is 5.26 Å². The Morgan fingerprint density at radius 1 is 1.16 bits per heavy atom. The van der Waals surface area contributed by atoms with Gasteiger partial charge in [-0.25, -0.2) is 14.8 Å². The van der Waals surface area contributed by atoms with Crippen LogP contribution in [0.25, 0.3) is 11.3 Å². The van der Waals surface area contributed by atoms with Crippen molar-refractivity contribution in [1.82, 2.24) is 24.6 Å². The number of rotatable bonds is 8. The van der Waals surface area contributed by atoms with E-state index in [-0.39, 0.29) is 10.9 Å². The number of nitriles is 1. The third kappa shape index (κ3) is 7.35. The summed E-state index contributed by atoms with van der Waals surface area (Å²) in [4.78, 5) is 39.6. The molecule has 49 heavy (non-hydrogen) atoms. The van der Waals surface area contributed by atoms with Crippen molar-refractivity contribution in [2.24, 2.45) is 5.92 Å². The number of nitrogens with one attached hydrogen (secondary N) is 1. The number of hydrogen-bond donors (Lipinski definition) is 1. The zero-order valence-corrected chi connectivity index (χ0v) is 31.8. The molecule has 2 aliphatic rings. The fourth-order valence-electron chi connectivity index (χ4n) is 5.94. The lowest BCUT2D eigenvalue weighted by molar-refractivity contribution is 0.0574. The topological polar surface area (TPSA) is 138 Å². The molecule has 0 fully saturated rings. The van der Waals surface area contributed by atoms with E-state index >= 15 is 0 Å². The molecule has 2 aromatic heterocycles. The average molecular weight is 687 g/mol. The van der Waals surface area contributed by atoms with Crippen LogP contribution in [0.4, 0.5) is 22.1 Å². The highest BCUT2D eigenvalue weighted by atomic mass is 28.4. The number of carbonyl (C=O) groups is 2. The third-order valence-corrected chi connectivity index (χ3v) is 14.0. The number of nitrogens with zero attached hydrogens (tertiary/aromatic N) is 7. The summed E-state index contributed by atoms with van der Waals surface area (Å²) in [5.41, 5.74) is 2.63. The molecule has 0 aliphatic carbocycles. The smallest absolute Gasteiger partial charge is 0.414 e. The summed E-state index contributed by atoms with van der Waals surface area (Å²) >= 11 is 0. The quantitative estimate of drug-likeness (QED) is 0.246. The molecule has 0 saturated heterocycles. The first-order valence-electron chi connectivity index (χ1n) is 16.9. The molecule has 0 spiro atoms. The van der Waals surface area contributed by atoms with Crippen molar-refractivity contribution < 1.29 is 18.8 Å². The van der Waals surface area contributed by atoms with Crippen molar-refractivity contribution in [3.05, 3.63) is 47.4 Å². The zero-order chi connectivity index (χ0) is 36.1. The van der Waals surface area contributed by atoms with Crippen LogP contribution in [0.1, 0.15) is 83.9 Å². The average Bonchev–Trinajstić information content (AvgIpc) is 3.55. The summed E-state index contributed by atoms with van der Waals surface area (Å²) < 4.78 is 14.3. The molecule has 4 heterocycles. The number of anilines is 3. The van der Waals surface area contributed by atoms with Crippen LogP contribution in [0.2, 0.25) is 18.1 Å². The van der Waals surface area contributed by atoms with Crippen LogP contribution in [0.15, 0.2) is 30.6 Å². The maximum absolute atomic E-state index is 13.6. The van der Waals surface area contributed by atoms with Gasteiger partial charge >= 0.3 is 6.09 Å². The predicted molar refractivity (Wildman–Crippen MR) is 193 cm³/mol. The minimum atomic E-state index is -2.16. The Morgan fingerprint density at radius 3 is 2.51 bits per heavy atom. The van der Waals surface area contributed by atoms with E-state index < -0.39 is 25.4 Å². The maximum Gasteiger partial charge on any atom is 0.414 e. The van der Waals surface area contributed by atoms with Crippen LogP contribution in [0, 0.1) is 17.2 Å². The second kappa shape index (κ2) is 12.9. The number of ether oxygens (including phenoxy) is 1. The van der Waals surface area contributed by atoms with E-state index in [2.05, 4.69) is 76.1 Å². The van der Waals surface area contributed by atoms with Crippen LogP contribution in [0.3, 0.4) is 0 Å². The molecular weight excluding hydrogens is 637 g/mol. The Hall–Kier alpha value is -4.28. The number of carbonyl (C=O) groups excluding carboxylic acids is 2. The fraction of sp³-hybridized carbons (Fsp3) is 0.556. The molecule has 0 bridgehead atoms. The lowest BCUT2D eigenvalue weighted by Gasteiger charge is -2.39. The van der Waals surface area contributed by atoms with Gasteiger partial charge in [-0.05, 0) is 68.6 Å². The molecule has 0 radical (unpaired) electrons. The SMILES string of the molecule is CC(C)CN1CCn2ncc(Nc3nccc(-c4cc(C#N)c5c(c4)[C@@](C)(CO[Si](C)(C)C(C)(C)C)CN5C(=O)OC(C)(C)C)n3)c2C1=O. The van der Waals surface area contributed by atoms with Crippen LogP contribution >= 0.6 is 0 Å². The van der Waals surface area contributed by atoms with Crippen molar-refractivity contribution in [2.45, 2.75) is 98.0 Å². The Balaban J connectivity index is 1.53. The molecule has 0 unspecified atom stereocenters. The summed E-state index contributed by atoms with van der Waals surface area (Å²) in [6.45, 7) is 25.3. The van der Waals surface area contributed by atoms with E-state index in [1.54, 1.807) is 34.1 Å². The highest BCUT2D eigenvalue weighted by molar-refractivity contribution is 6.74. The molecular formula is C36H50N8O4Si. The first kappa shape index (κ1) is 36.0. The van der Waals surface area contributed by atoms with Gasteiger partial charge in [-0.15, -0.1) is 0 Å². The van der Waals surface area contributed by atoms with Gasteiger partial charge in [-0.3, -0.25) is 14.4 Å². The number of hydrogen-bond acceptors (Lipinski definition) is 9. The van der Waals surface area contributed by atoms with Gasteiger partial charge in [0.15, 0.2) is 8.32 Å². The van der Waals surface area contributed by atoms with Crippen molar-refractivity contribution in [3.8, 4) is 17.3 Å². The van der Waals surface area contributed by atoms with Crippen LogP contribution < -0.4 is 10.2 Å².